The molecule has 72 valence electrons. The lowest BCUT2D eigenvalue weighted by Crippen LogP contribution is -1.92. The van der Waals surface area contributed by atoms with Crippen molar-refractivity contribution in [2.75, 3.05) is 11.5 Å². The number of carbonyl (C=O) groups is 1. The molecule has 0 aromatic carbocycles. The van der Waals surface area contributed by atoms with Gasteiger partial charge in [0, 0.05) is 6.42 Å². The van der Waals surface area contributed by atoms with Crippen LogP contribution in [0.1, 0.15) is 19.3 Å². The Morgan fingerprint density at radius 1 is 1.29 bits per heavy atom. The molecule has 1 aliphatic rings. The molecule has 0 saturated carbocycles. The third-order valence-corrected chi connectivity index (χ3v) is 2.35. The van der Waals surface area contributed by atoms with Gasteiger partial charge in [-0.25, -0.2) is 0 Å². The maximum Gasteiger partial charge on any atom is 0.205 e. The topological polar surface area (TPSA) is 17.1 Å². The number of Topliss-reactive ketones (excluding diaryl/α,β-unsaturated/α-hetero) is 1. The summed E-state index contributed by atoms with van der Waals surface area (Å²) in [4.78, 5) is 11.1. The number of ketones is 1. The summed E-state index contributed by atoms with van der Waals surface area (Å²) in [5.41, 5.74) is 0. The van der Waals surface area contributed by atoms with E-state index in [9.17, 15) is 4.79 Å². The van der Waals surface area contributed by atoms with Crippen molar-refractivity contribution in [2.45, 2.75) is 19.3 Å². The summed E-state index contributed by atoms with van der Waals surface area (Å²) in [7, 11) is 0. The summed E-state index contributed by atoms with van der Waals surface area (Å²) in [6.07, 6.45) is 6.23. The minimum Gasteiger partial charge on any atom is -0.285 e. The number of hydrogen-bond donors (Lipinski definition) is 0. The standard InChI is InChI=1S/C12H12OS/c13-12-8-5-3-1-2-4-6-10-14-11-7-9-12/h1-2H,3,5,8,10-11H2/b2-1+. The van der Waals surface area contributed by atoms with E-state index in [4.69, 9.17) is 0 Å². The van der Waals surface area contributed by atoms with E-state index in [0.717, 1.165) is 18.6 Å². The second-order valence-corrected chi connectivity index (χ2v) is 3.82. The lowest BCUT2D eigenvalue weighted by Gasteiger charge is -1.89. The fraction of sp³-hybridized carbons (Fsp3) is 0.417. The van der Waals surface area contributed by atoms with Crippen LogP contribution in [0, 0.1) is 23.7 Å². The molecule has 0 amide bonds. The van der Waals surface area contributed by atoms with Gasteiger partial charge in [-0.15, -0.1) is 11.8 Å². The van der Waals surface area contributed by atoms with Crippen LogP contribution < -0.4 is 0 Å². The Hall–Kier alpha value is -1.12. The number of hydrogen-bond acceptors (Lipinski definition) is 2. The molecule has 2 heteroatoms. The highest BCUT2D eigenvalue weighted by Crippen LogP contribution is 1.99. The maximum absolute atomic E-state index is 11.1. The molecule has 1 heterocycles. The highest BCUT2D eigenvalue weighted by molar-refractivity contribution is 7.99. The van der Waals surface area contributed by atoms with Crippen LogP contribution >= 0.6 is 11.8 Å². The van der Waals surface area contributed by atoms with Crippen molar-refractivity contribution in [2.24, 2.45) is 0 Å². The highest BCUT2D eigenvalue weighted by atomic mass is 32.2. The monoisotopic (exact) mass is 204 g/mol. The fourth-order valence-electron chi connectivity index (χ4n) is 0.974. The Balaban J connectivity index is 2.48. The largest absolute Gasteiger partial charge is 0.285 e. The Morgan fingerprint density at radius 3 is 3.07 bits per heavy atom. The Morgan fingerprint density at radius 2 is 2.14 bits per heavy atom. The van der Waals surface area contributed by atoms with Crippen molar-refractivity contribution in [1.82, 2.24) is 0 Å². The smallest absolute Gasteiger partial charge is 0.205 e. The van der Waals surface area contributed by atoms with Gasteiger partial charge in [0.25, 0.3) is 0 Å². The molecule has 0 unspecified atom stereocenters. The average molecular weight is 204 g/mol. The normalized spacial score (nSPS) is 19.9. The quantitative estimate of drug-likeness (QED) is 0.443. The van der Waals surface area contributed by atoms with E-state index >= 15 is 0 Å². The predicted octanol–water partition coefficient (Wildman–Crippen LogP) is 2.04. The SMILES string of the molecule is O=C1C#CCSCC#C/C=C/CCC1. The number of thioether (sulfide) groups is 1. The summed E-state index contributed by atoms with van der Waals surface area (Å²) >= 11 is 1.64. The van der Waals surface area contributed by atoms with Gasteiger partial charge in [-0.1, -0.05) is 23.8 Å². The summed E-state index contributed by atoms with van der Waals surface area (Å²) in [6, 6.07) is 0. The minimum absolute atomic E-state index is 0.0548. The average Bonchev–Trinajstić information content (AvgIpc) is 2.20. The third kappa shape index (κ3) is 5.51. The third-order valence-electron chi connectivity index (χ3n) is 1.65. The molecule has 1 aliphatic heterocycles. The molecule has 0 radical (unpaired) electrons. The van der Waals surface area contributed by atoms with Crippen LogP contribution in [0.4, 0.5) is 0 Å². The Labute approximate surface area is 89.3 Å². The van der Waals surface area contributed by atoms with Crippen LogP contribution in [0.25, 0.3) is 0 Å². The number of allylic oxidation sites excluding steroid dienone is 2. The van der Waals surface area contributed by atoms with E-state index < -0.39 is 0 Å². The van der Waals surface area contributed by atoms with E-state index in [1.54, 1.807) is 11.8 Å². The van der Waals surface area contributed by atoms with Crippen LogP contribution in [-0.4, -0.2) is 17.3 Å². The molecule has 1 nitrogen and oxygen atoms in total. The summed E-state index contributed by atoms with van der Waals surface area (Å²) in [5.74, 6) is 13.0. The molecular formula is C12H12OS. The van der Waals surface area contributed by atoms with Crippen molar-refractivity contribution in [1.29, 1.82) is 0 Å². The van der Waals surface area contributed by atoms with Gasteiger partial charge < -0.3 is 0 Å². The summed E-state index contributed by atoms with van der Waals surface area (Å²) in [5, 5.41) is 0. The van der Waals surface area contributed by atoms with Crippen LogP contribution in [0.2, 0.25) is 0 Å². The molecule has 1 rings (SSSR count). The van der Waals surface area contributed by atoms with Crippen molar-refractivity contribution < 1.29 is 4.79 Å². The van der Waals surface area contributed by atoms with Gasteiger partial charge in [-0.05, 0) is 24.8 Å². The zero-order chi connectivity index (χ0) is 10.1. The van der Waals surface area contributed by atoms with Crippen molar-refractivity contribution in [3.05, 3.63) is 12.2 Å². The lowest BCUT2D eigenvalue weighted by atomic mass is 10.2. The van der Waals surface area contributed by atoms with Crippen molar-refractivity contribution >= 4 is 17.5 Å². The van der Waals surface area contributed by atoms with E-state index in [1.165, 1.54) is 0 Å². The van der Waals surface area contributed by atoms with Gasteiger partial charge in [-0.3, -0.25) is 4.79 Å². The van der Waals surface area contributed by atoms with Gasteiger partial charge in [0.2, 0.25) is 5.78 Å². The van der Waals surface area contributed by atoms with E-state index in [1.807, 2.05) is 12.2 Å². The molecule has 0 saturated heterocycles. The molecular weight excluding hydrogens is 192 g/mol. The molecule has 0 aromatic heterocycles. The molecule has 0 N–H and O–H groups in total. The second-order valence-electron chi connectivity index (χ2n) is 2.83. The maximum atomic E-state index is 11.1. The van der Waals surface area contributed by atoms with Crippen LogP contribution in [0.5, 0.6) is 0 Å². The van der Waals surface area contributed by atoms with Gasteiger partial charge in [-0.2, -0.15) is 0 Å². The van der Waals surface area contributed by atoms with Crippen molar-refractivity contribution in [3.8, 4) is 23.7 Å². The summed E-state index contributed by atoms with van der Waals surface area (Å²) in [6.45, 7) is 0. The van der Waals surface area contributed by atoms with E-state index in [0.29, 0.717) is 12.2 Å². The minimum atomic E-state index is 0.0548. The Kier molecular flexibility index (Phi) is 5.71. The van der Waals surface area contributed by atoms with Crippen molar-refractivity contribution in [3.63, 3.8) is 0 Å². The zero-order valence-corrected chi connectivity index (χ0v) is 8.82. The van der Waals surface area contributed by atoms with Gasteiger partial charge in [0.15, 0.2) is 0 Å². The highest BCUT2D eigenvalue weighted by Gasteiger charge is 1.94. The first kappa shape index (κ1) is 11.0. The van der Waals surface area contributed by atoms with Crippen LogP contribution in [-0.2, 0) is 4.79 Å². The molecule has 0 spiro atoms. The second kappa shape index (κ2) is 7.30. The van der Waals surface area contributed by atoms with Crippen LogP contribution in [0.3, 0.4) is 0 Å². The number of carbonyl (C=O) groups excluding carboxylic acids is 1. The molecule has 0 aromatic rings. The van der Waals surface area contributed by atoms with Crippen LogP contribution in [0.15, 0.2) is 12.2 Å². The number of rotatable bonds is 0. The first-order valence-electron chi connectivity index (χ1n) is 4.62. The zero-order valence-electron chi connectivity index (χ0n) is 8.01. The molecule has 14 heavy (non-hydrogen) atoms. The van der Waals surface area contributed by atoms with E-state index in [-0.39, 0.29) is 5.78 Å². The first-order valence-corrected chi connectivity index (χ1v) is 5.78. The van der Waals surface area contributed by atoms with E-state index in [2.05, 4.69) is 23.7 Å². The van der Waals surface area contributed by atoms with Gasteiger partial charge in [0.05, 0.1) is 11.5 Å². The van der Waals surface area contributed by atoms with Gasteiger partial charge >= 0.3 is 0 Å². The molecule has 0 fully saturated rings. The molecule has 0 aliphatic carbocycles. The predicted molar refractivity (Wildman–Crippen MR) is 60.9 cm³/mol. The molecule has 0 bridgehead atoms. The fourth-order valence-corrected chi connectivity index (χ4v) is 1.44. The lowest BCUT2D eigenvalue weighted by molar-refractivity contribution is -0.113. The first-order chi connectivity index (χ1) is 6.89. The summed E-state index contributed by atoms with van der Waals surface area (Å²) < 4.78 is 0. The Bertz CT molecular complexity index is 333. The molecule has 0 atom stereocenters. The van der Waals surface area contributed by atoms with Gasteiger partial charge in [0.1, 0.15) is 0 Å².